The third-order valence-electron chi connectivity index (χ3n) is 2.61. The molecule has 0 saturated carbocycles. The van der Waals surface area contributed by atoms with Gasteiger partial charge in [0.15, 0.2) is 0 Å². The number of nitrogens with two attached hydrogens (primary N) is 1. The summed E-state index contributed by atoms with van der Waals surface area (Å²) in [5.41, 5.74) is 6.81. The van der Waals surface area contributed by atoms with Crippen LogP contribution in [0.4, 0.5) is 0 Å². The van der Waals surface area contributed by atoms with Gasteiger partial charge in [0.1, 0.15) is 0 Å². The standard InChI is InChI=1S/C14H21BrN2O.ClH/c1-10(2)8-17(14(18)11(3)16)9-12-6-4-5-7-13(12)15;/h4-7,10-11H,8-9,16H2,1-3H3;1H. The van der Waals surface area contributed by atoms with Crippen LogP contribution < -0.4 is 5.73 Å². The van der Waals surface area contributed by atoms with Gasteiger partial charge in [0.25, 0.3) is 0 Å². The van der Waals surface area contributed by atoms with Crippen molar-refractivity contribution >= 4 is 34.2 Å². The minimum absolute atomic E-state index is 0. The summed E-state index contributed by atoms with van der Waals surface area (Å²) in [6.07, 6.45) is 0. The summed E-state index contributed by atoms with van der Waals surface area (Å²) < 4.78 is 1.02. The molecule has 3 nitrogen and oxygen atoms in total. The predicted octanol–water partition coefficient (Wildman–Crippen LogP) is 3.20. The summed E-state index contributed by atoms with van der Waals surface area (Å²) in [5.74, 6) is 0.426. The van der Waals surface area contributed by atoms with Crippen molar-refractivity contribution in [3.05, 3.63) is 34.3 Å². The summed E-state index contributed by atoms with van der Waals surface area (Å²) in [7, 11) is 0. The van der Waals surface area contributed by atoms with Gasteiger partial charge in [-0.15, -0.1) is 12.4 Å². The molecule has 0 fully saturated rings. The predicted molar refractivity (Wildman–Crippen MR) is 85.3 cm³/mol. The second-order valence-electron chi connectivity index (χ2n) is 4.99. The monoisotopic (exact) mass is 348 g/mol. The minimum Gasteiger partial charge on any atom is -0.337 e. The highest BCUT2D eigenvalue weighted by molar-refractivity contribution is 9.10. The molecule has 0 saturated heterocycles. The largest absolute Gasteiger partial charge is 0.337 e. The van der Waals surface area contributed by atoms with Crippen LogP contribution in [-0.2, 0) is 11.3 Å². The van der Waals surface area contributed by atoms with Gasteiger partial charge in [0, 0.05) is 17.6 Å². The molecule has 1 amide bonds. The summed E-state index contributed by atoms with van der Waals surface area (Å²) in [6, 6.07) is 7.49. The van der Waals surface area contributed by atoms with E-state index in [2.05, 4.69) is 29.8 Å². The highest BCUT2D eigenvalue weighted by Crippen LogP contribution is 2.18. The zero-order chi connectivity index (χ0) is 13.7. The molecule has 1 unspecified atom stereocenters. The fourth-order valence-electron chi connectivity index (χ4n) is 1.79. The molecule has 0 bridgehead atoms. The first-order valence-corrected chi connectivity index (χ1v) is 6.99. The molecule has 1 rings (SSSR count). The molecule has 2 N–H and O–H groups in total. The lowest BCUT2D eigenvalue weighted by atomic mass is 10.1. The lowest BCUT2D eigenvalue weighted by Gasteiger charge is -2.26. The van der Waals surface area contributed by atoms with Gasteiger partial charge in [-0.1, -0.05) is 48.0 Å². The van der Waals surface area contributed by atoms with Crippen LogP contribution in [0.25, 0.3) is 0 Å². The van der Waals surface area contributed by atoms with Crippen molar-refractivity contribution in [3.8, 4) is 0 Å². The first-order valence-electron chi connectivity index (χ1n) is 6.19. The van der Waals surface area contributed by atoms with E-state index >= 15 is 0 Å². The van der Waals surface area contributed by atoms with E-state index in [1.807, 2.05) is 29.2 Å². The number of halogens is 2. The van der Waals surface area contributed by atoms with Crippen LogP contribution in [0.5, 0.6) is 0 Å². The lowest BCUT2D eigenvalue weighted by Crippen LogP contribution is -2.43. The average Bonchev–Trinajstić information content (AvgIpc) is 2.29. The van der Waals surface area contributed by atoms with E-state index in [4.69, 9.17) is 5.73 Å². The summed E-state index contributed by atoms with van der Waals surface area (Å²) in [6.45, 7) is 7.25. The number of hydrogen-bond acceptors (Lipinski definition) is 2. The van der Waals surface area contributed by atoms with Gasteiger partial charge in [-0.05, 0) is 24.5 Å². The Kier molecular flexibility index (Phi) is 8.30. The third-order valence-corrected chi connectivity index (χ3v) is 3.38. The minimum atomic E-state index is -0.453. The SMILES string of the molecule is CC(C)CN(Cc1ccccc1Br)C(=O)C(C)N.Cl. The Morgan fingerprint density at radius 2 is 1.89 bits per heavy atom. The number of rotatable bonds is 5. The van der Waals surface area contributed by atoms with Gasteiger partial charge in [-0.25, -0.2) is 0 Å². The van der Waals surface area contributed by atoms with Crippen LogP contribution in [-0.4, -0.2) is 23.4 Å². The van der Waals surface area contributed by atoms with E-state index in [1.54, 1.807) is 6.92 Å². The maximum Gasteiger partial charge on any atom is 0.239 e. The Balaban J connectivity index is 0.00000324. The molecule has 1 atom stereocenters. The maximum absolute atomic E-state index is 12.1. The van der Waals surface area contributed by atoms with E-state index in [9.17, 15) is 4.79 Å². The molecule has 0 radical (unpaired) electrons. The Morgan fingerprint density at radius 3 is 2.37 bits per heavy atom. The van der Waals surface area contributed by atoms with Crippen molar-refractivity contribution in [3.63, 3.8) is 0 Å². The van der Waals surface area contributed by atoms with Crippen LogP contribution in [0, 0.1) is 5.92 Å². The number of nitrogens with zero attached hydrogens (tertiary/aromatic N) is 1. The van der Waals surface area contributed by atoms with Crippen molar-refractivity contribution in [2.45, 2.75) is 33.4 Å². The Bertz CT molecular complexity index is 410. The highest BCUT2D eigenvalue weighted by Gasteiger charge is 2.19. The van der Waals surface area contributed by atoms with Gasteiger partial charge in [-0.3, -0.25) is 4.79 Å². The van der Waals surface area contributed by atoms with Gasteiger partial charge in [0.05, 0.1) is 6.04 Å². The van der Waals surface area contributed by atoms with Crippen molar-refractivity contribution in [1.82, 2.24) is 4.90 Å². The lowest BCUT2D eigenvalue weighted by molar-refractivity contribution is -0.133. The molecule has 0 heterocycles. The van der Waals surface area contributed by atoms with E-state index in [0.29, 0.717) is 12.5 Å². The molecule has 1 aromatic rings. The molecule has 5 heteroatoms. The molecule has 0 aliphatic carbocycles. The van der Waals surface area contributed by atoms with Crippen molar-refractivity contribution in [2.75, 3.05) is 6.54 Å². The van der Waals surface area contributed by atoms with Gasteiger partial charge >= 0.3 is 0 Å². The Morgan fingerprint density at radius 1 is 1.32 bits per heavy atom. The second kappa shape index (κ2) is 8.56. The molecule has 1 aromatic carbocycles. The van der Waals surface area contributed by atoms with Crippen molar-refractivity contribution in [2.24, 2.45) is 11.7 Å². The van der Waals surface area contributed by atoms with Crippen LogP contribution >= 0.6 is 28.3 Å². The van der Waals surface area contributed by atoms with E-state index < -0.39 is 6.04 Å². The number of benzene rings is 1. The summed E-state index contributed by atoms with van der Waals surface area (Å²) >= 11 is 3.51. The van der Waals surface area contributed by atoms with Gasteiger partial charge in [-0.2, -0.15) is 0 Å². The highest BCUT2D eigenvalue weighted by atomic mass is 79.9. The first-order chi connectivity index (χ1) is 8.41. The molecule has 0 aliphatic rings. The van der Waals surface area contributed by atoms with Crippen LogP contribution in [0.15, 0.2) is 28.7 Å². The normalized spacial score (nSPS) is 11.9. The van der Waals surface area contributed by atoms with E-state index in [1.165, 1.54) is 0 Å². The summed E-state index contributed by atoms with van der Waals surface area (Å²) in [4.78, 5) is 13.9. The fourth-order valence-corrected chi connectivity index (χ4v) is 2.20. The molecular weight excluding hydrogens is 328 g/mol. The molecule has 19 heavy (non-hydrogen) atoms. The number of hydrogen-bond donors (Lipinski definition) is 1. The summed E-state index contributed by atoms with van der Waals surface area (Å²) in [5, 5.41) is 0. The van der Waals surface area contributed by atoms with Crippen LogP contribution in [0.1, 0.15) is 26.3 Å². The second-order valence-corrected chi connectivity index (χ2v) is 5.85. The molecule has 0 aromatic heterocycles. The smallest absolute Gasteiger partial charge is 0.239 e. The Hall–Kier alpha value is -0.580. The van der Waals surface area contributed by atoms with Crippen LogP contribution in [0.3, 0.4) is 0 Å². The topological polar surface area (TPSA) is 46.3 Å². The zero-order valence-corrected chi connectivity index (χ0v) is 14.0. The maximum atomic E-state index is 12.1. The fraction of sp³-hybridized carbons (Fsp3) is 0.500. The number of amides is 1. The van der Waals surface area contributed by atoms with Crippen molar-refractivity contribution in [1.29, 1.82) is 0 Å². The number of carbonyl (C=O) groups excluding carboxylic acids is 1. The first kappa shape index (κ1) is 18.4. The van der Waals surface area contributed by atoms with Gasteiger partial charge < -0.3 is 10.6 Å². The third kappa shape index (κ3) is 5.93. The van der Waals surface area contributed by atoms with Crippen molar-refractivity contribution < 1.29 is 4.79 Å². The molecule has 0 spiro atoms. The van der Waals surface area contributed by atoms with E-state index in [-0.39, 0.29) is 18.3 Å². The average molecular weight is 350 g/mol. The van der Waals surface area contributed by atoms with Gasteiger partial charge in [0.2, 0.25) is 5.91 Å². The van der Waals surface area contributed by atoms with E-state index in [0.717, 1.165) is 16.6 Å². The Labute approximate surface area is 130 Å². The number of carbonyl (C=O) groups is 1. The molecule has 108 valence electrons. The quantitative estimate of drug-likeness (QED) is 0.887. The van der Waals surface area contributed by atoms with Crippen LogP contribution in [0.2, 0.25) is 0 Å². The molecular formula is C14H22BrClN2O. The molecule has 0 aliphatic heterocycles. The zero-order valence-electron chi connectivity index (χ0n) is 11.6.